The van der Waals surface area contributed by atoms with Crippen molar-refractivity contribution in [3.05, 3.63) is 71.5 Å². The normalized spacial score (nSPS) is 10.8. The van der Waals surface area contributed by atoms with Crippen molar-refractivity contribution in [1.82, 2.24) is 5.16 Å². The molecule has 0 aliphatic rings. The fourth-order valence-corrected chi connectivity index (χ4v) is 2.75. The van der Waals surface area contributed by atoms with Crippen LogP contribution in [0.3, 0.4) is 0 Å². The second-order valence-corrected chi connectivity index (χ2v) is 6.60. The lowest BCUT2D eigenvalue weighted by atomic mass is 10.1. The smallest absolute Gasteiger partial charge is 0.267 e. The van der Waals surface area contributed by atoms with Crippen LogP contribution < -0.4 is 19.5 Å². The largest absolute Gasteiger partial charge is 0.490 e. The SMILES string of the molecule is CCOc1cc(/C=C(/C#N)C(=O)Nc2cc(C)on2)ccc1OCCOc1ccccc1. The van der Waals surface area contributed by atoms with E-state index in [4.69, 9.17) is 18.7 Å². The van der Waals surface area contributed by atoms with Crippen molar-refractivity contribution in [3.63, 3.8) is 0 Å². The number of ether oxygens (including phenoxy) is 3. The van der Waals surface area contributed by atoms with E-state index in [2.05, 4.69) is 10.5 Å². The van der Waals surface area contributed by atoms with Crippen molar-refractivity contribution >= 4 is 17.8 Å². The van der Waals surface area contributed by atoms with Gasteiger partial charge in [0, 0.05) is 6.07 Å². The third-order valence-electron chi connectivity index (χ3n) is 4.17. The monoisotopic (exact) mass is 433 g/mol. The quantitative estimate of drug-likeness (QED) is 0.287. The highest BCUT2D eigenvalue weighted by Gasteiger charge is 2.13. The Morgan fingerprint density at radius 1 is 1.09 bits per heavy atom. The number of anilines is 1. The van der Waals surface area contributed by atoms with Gasteiger partial charge in [-0.1, -0.05) is 29.4 Å². The number of aryl methyl sites for hydroxylation is 1. The van der Waals surface area contributed by atoms with Crippen LogP contribution in [0.25, 0.3) is 6.08 Å². The Morgan fingerprint density at radius 2 is 1.88 bits per heavy atom. The Morgan fingerprint density at radius 3 is 2.56 bits per heavy atom. The van der Waals surface area contributed by atoms with Crippen molar-refractivity contribution in [2.45, 2.75) is 13.8 Å². The lowest BCUT2D eigenvalue weighted by Gasteiger charge is -2.13. The Balaban J connectivity index is 1.66. The standard InChI is InChI=1S/C24H23N3O5/c1-3-29-22-15-18(14-19(16-25)24(28)26-23-13-17(2)32-27-23)9-10-21(22)31-12-11-30-20-7-5-4-6-8-20/h4-10,13-15H,3,11-12H2,1-2H3,(H,26,27,28)/b19-14-. The number of hydrogen-bond donors (Lipinski definition) is 1. The predicted molar refractivity (Wildman–Crippen MR) is 119 cm³/mol. The molecule has 0 atom stereocenters. The second kappa shape index (κ2) is 11.2. The molecule has 0 saturated carbocycles. The topological polar surface area (TPSA) is 107 Å². The van der Waals surface area contributed by atoms with Gasteiger partial charge in [0.05, 0.1) is 6.61 Å². The minimum Gasteiger partial charge on any atom is -0.490 e. The van der Waals surface area contributed by atoms with Crippen LogP contribution >= 0.6 is 0 Å². The molecule has 0 radical (unpaired) electrons. The summed E-state index contributed by atoms with van der Waals surface area (Å²) < 4.78 is 22.0. The van der Waals surface area contributed by atoms with E-state index in [-0.39, 0.29) is 11.4 Å². The molecule has 0 aliphatic carbocycles. The molecule has 8 nitrogen and oxygen atoms in total. The number of hydrogen-bond acceptors (Lipinski definition) is 7. The van der Waals surface area contributed by atoms with Gasteiger partial charge in [-0.2, -0.15) is 5.26 Å². The van der Waals surface area contributed by atoms with E-state index in [0.717, 1.165) is 5.75 Å². The van der Waals surface area contributed by atoms with Crippen LogP contribution in [0.1, 0.15) is 18.2 Å². The van der Waals surface area contributed by atoms with Crippen molar-refractivity contribution < 1.29 is 23.5 Å². The molecule has 3 aromatic rings. The average Bonchev–Trinajstić information content (AvgIpc) is 3.21. The molecule has 164 valence electrons. The molecule has 0 aliphatic heterocycles. The molecule has 32 heavy (non-hydrogen) atoms. The number of amides is 1. The minimum absolute atomic E-state index is 0.0852. The molecular formula is C24H23N3O5. The minimum atomic E-state index is -0.586. The molecule has 1 heterocycles. The van der Waals surface area contributed by atoms with Crippen LogP contribution in [0.4, 0.5) is 5.82 Å². The highest BCUT2D eigenvalue weighted by Crippen LogP contribution is 2.29. The van der Waals surface area contributed by atoms with Crippen LogP contribution in [0.5, 0.6) is 17.2 Å². The van der Waals surface area contributed by atoms with Crippen molar-refractivity contribution in [3.8, 4) is 23.3 Å². The first-order valence-corrected chi connectivity index (χ1v) is 10.0. The zero-order valence-corrected chi connectivity index (χ0v) is 17.8. The maximum atomic E-state index is 12.4. The average molecular weight is 433 g/mol. The molecule has 1 N–H and O–H groups in total. The van der Waals surface area contributed by atoms with Gasteiger partial charge in [0.1, 0.15) is 36.4 Å². The van der Waals surface area contributed by atoms with Gasteiger partial charge < -0.3 is 24.1 Å². The van der Waals surface area contributed by atoms with E-state index in [0.29, 0.717) is 42.6 Å². The highest BCUT2D eigenvalue weighted by molar-refractivity contribution is 6.09. The van der Waals surface area contributed by atoms with Gasteiger partial charge in [0.15, 0.2) is 17.3 Å². The van der Waals surface area contributed by atoms with Crippen LogP contribution in [0, 0.1) is 18.3 Å². The Bertz CT molecular complexity index is 1120. The van der Waals surface area contributed by atoms with E-state index < -0.39 is 5.91 Å². The zero-order valence-electron chi connectivity index (χ0n) is 17.8. The molecule has 0 saturated heterocycles. The van der Waals surface area contributed by atoms with Crippen LogP contribution in [0.2, 0.25) is 0 Å². The van der Waals surface area contributed by atoms with Crippen molar-refractivity contribution in [2.75, 3.05) is 25.1 Å². The molecule has 0 fully saturated rings. The number of nitrogens with one attached hydrogen (secondary N) is 1. The summed E-state index contributed by atoms with van der Waals surface area (Å²) in [5, 5.41) is 15.6. The molecule has 0 spiro atoms. The molecular weight excluding hydrogens is 410 g/mol. The van der Waals surface area contributed by atoms with Crippen LogP contribution in [-0.4, -0.2) is 30.9 Å². The van der Waals surface area contributed by atoms with E-state index >= 15 is 0 Å². The zero-order chi connectivity index (χ0) is 22.8. The van der Waals surface area contributed by atoms with E-state index in [1.807, 2.05) is 43.3 Å². The van der Waals surface area contributed by atoms with Crippen molar-refractivity contribution in [1.29, 1.82) is 5.26 Å². The molecule has 1 amide bonds. The summed E-state index contributed by atoms with van der Waals surface area (Å²) >= 11 is 0. The number of carbonyl (C=O) groups excluding carboxylic acids is 1. The first-order valence-electron chi connectivity index (χ1n) is 10.0. The number of aromatic nitrogens is 1. The van der Waals surface area contributed by atoms with Gasteiger partial charge in [-0.3, -0.25) is 4.79 Å². The summed E-state index contributed by atoms with van der Waals surface area (Å²) in [5.41, 5.74) is 0.530. The lowest BCUT2D eigenvalue weighted by molar-refractivity contribution is -0.112. The second-order valence-electron chi connectivity index (χ2n) is 6.60. The van der Waals surface area contributed by atoms with E-state index in [9.17, 15) is 10.1 Å². The van der Waals surface area contributed by atoms with Crippen molar-refractivity contribution in [2.24, 2.45) is 0 Å². The number of rotatable bonds is 10. The van der Waals surface area contributed by atoms with Gasteiger partial charge in [-0.25, -0.2) is 0 Å². The maximum Gasteiger partial charge on any atom is 0.267 e. The first kappa shape index (κ1) is 22.4. The summed E-state index contributed by atoms with van der Waals surface area (Å²) in [5.74, 6) is 2.02. The molecule has 2 aromatic carbocycles. The van der Waals surface area contributed by atoms with Gasteiger partial charge in [0.2, 0.25) is 0 Å². The lowest BCUT2D eigenvalue weighted by Crippen LogP contribution is -2.13. The molecule has 0 unspecified atom stereocenters. The third-order valence-corrected chi connectivity index (χ3v) is 4.17. The third kappa shape index (κ3) is 6.37. The fourth-order valence-electron chi connectivity index (χ4n) is 2.75. The van der Waals surface area contributed by atoms with Gasteiger partial charge in [0.25, 0.3) is 5.91 Å². The van der Waals surface area contributed by atoms with Crippen LogP contribution in [0.15, 0.2) is 64.7 Å². The molecule has 8 heteroatoms. The van der Waals surface area contributed by atoms with Gasteiger partial charge in [-0.15, -0.1) is 0 Å². The molecule has 1 aromatic heterocycles. The number of para-hydroxylation sites is 1. The maximum absolute atomic E-state index is 12.4. The molecule has 3 rings (SSSR count). The van der Waals surface area contributed by atoms with Crippen LogP contribution in [-0.2, 0) is 4.79 Å². The Hall–Kier alpha value is -4.25. The summed E-state index contributed by atoms with van der Waals surface area (Å²) in [6.45, 7) is 4.70. The Kier molecular flexibility index (Phi) is 7.87. The summed E-state index contributed by atoms with van der Waals surface area (Å²) in [4.78, 5) is 12.4. The highest BCUT2D eigenvalue weighted by atomic mass is 16.5. The molecule has 0 bridgehead atoms. The number of benzene rings is 2. The summed E-state index contributed by atoms with van der Waals surface area (Å²) in [6, 6.07) is 18.1. The van der Waals surface area contributed by atoms with E-state index in [1.54, 1.807) is 31.2 Å². The first-order chi connectivity index (χ1) is 15.6. The predicted octanol–water partition coefficient (Wildman–Crippen LogP) is 4.39. The van der Waals surface area contributed by atoms with E-state index in [1.165, 1.54) is 6.08 Å². The summed E-state index contributed by atoms with van der Waals surface area (Å²) in [7, 11) is 0. The number of carbonyl (C=O) groups is 1. The number of nitriles is 1. The van der Waals surface area contributed by atoms with Gasteiger partial charge >= 0.3 is 0 Å². The van der Waals surface area contributed by atoms with Gasteiger partial charge in [-0.05, 0) is 49.8 Å². The number of nitrogens with zero attached hydrogens (tertiary/aromatic N) is 2. The fraction of sp³-hybridized carbons (Fsp3) is 0.208. The summed E-state index contributed by atoms with van der Waals surface area (Å²) in [6.07, 6.45) is 1.47. The Labute approximate surface area is 186 Å².